The summed E-state index contributed by atoms with van der Waals surface area (Å²) >= 11 is 0. The molecule has 0 amide bonds. The molecule has 0 aliphatic carbocycles. The summed E-state index contributed by atoms with van der Waals surface area (Å²) in [5.41, 5.74) is 2.19. The third-order valence-electron chi connectivity index (χ3n) is 4.30. The van der Waals surface area contributed by atoms with Crippen LogP contribution in [0.1, 0.15) is 19.3 Å². The Hall–Kier alpha value is -1.65. The van der Waals surface area contributed by atoms with Gasteiger partial charge in [-0.05, 0) is 38.4 Å². The molecule has 4 nitrogen and oxygen atoms in total. The molecule has 22 heavy (non-hydrogen) atoms. The number of hydrogen-bond acceptors (Lipinski definition) is 4. The molecule has 0 atom stereocenters. The molecule has 1 N–H and O–H groups in total. The maximum atomic E-state index is 5.98. The van der Waals surface area contributed by atoms with Gasteiger partial charge < -0.3 is 15.0 Å². The van der Waals surface area contributed by atoms with Gasteiger partial charge in [-0.3, -0.25) is 4.98 Å². The Morgan fingerprint density at radius 2 is 2.05 bits per heavy atom. The number of ether oxygens (including phenoxy) is 1. The molecule has 118 valence electrons. The minimum absolute atomic E-state index is 0.456. The van der Waals surface area contributed by atoms with Crippen molar-refractivity contribution < 1.29 is 4.74 Å². The van der Waals surface area contributed by atoms with E-state index >= 15 is 0 Å². The molecule has 1 aromatic heterocycles. The lowest BCUT2D eigenvalue weighted by Crippen LogP contribution is -2.34. The van der Waals surface area contributed by atoms with Gasteiger partial charge in [-0.25, -0.2) is 0 Å². The van der Waals surface area contributed by atoms with E-state index in [0.29, 0.717) is 6.10 Å². The van der Waals surface area contributed by atoms with Gasteiger partial charge in [0.1, 0.15) is 0 Å². The van der Waals surface area contributed by atoms with Crippen molar-refractivity contribution in [3.05, 3.63) is 36.5 Å². The number of benzene rings is 1. The largest absolute Gasteiger partial charge is 0.384 e. The molecule has 1 fully saturated rings. The fourth-order valence-corrected chi connectivity index (χ4v) is 2.95. The number of fused-ring (bicyclic) bond motifs is 1. The predicted molar refractivity (Wildman–Crippen MR) is 91.3 cm³/mol. The molecule has 1 aliphatic heterocycles. The van der Waals surface area contributed by atoms with Crippen LogP contribution < -0.4 is 5.32 Å². The molecule has 0 unspecified atom stereocenters. The van der Waals surface area contributed by atoms with Gasteiger partial charge in [0.25, 0.3) is 0 Å². The minimum Gasteiger partial charge on any atom is -0.384 e. The van der Waals surface area contributed by atoms with Crippen molar-refractivity contribution in [2.45, 2.75) is 25.4 Å². The Kier molecular flexibility index (Phi) is 5.24. The predicted octanol–water partition coefficient (Wildman–Crippen LogP) is 3.15. The van der Waals surface area contributed by atoms with E-state index < -0.39 is 0 Å². The Bertz CT molecular complexity index is 588. The standard InChI is InChI=1S/C18H25N3O/c1-21-12-8-15(9-13-21)22-14-4-10-19-18-7-11-20-17-6-3-2-5-16(17)18/h2-3,5-7,11,15H,4,8-10,12-14H2,1H3,(H,19,20). The van der Waals surface area contributed by atoms with E-state index in [1.165, 1.54) is 18.2 Å². The topological polar surface area (TPSA) is 37.4 Å². The van der Waals surface area contributed by atoms with Gasteiger partial charge in [0.05, 0.1) is 11.6 Å². The van der Waals surface area contributed by atoms with Gasteiger partial charge >= 0.3 is 0 Å². The van der Waals surface area contributed by atoms with Crippen LogP contribution in [0.3, 0.4) is 0 Å². The fourth-order valence-electron chi connectivity index (χ4n) is 2.95. The Labute approximate surface area is 132 Å². The van der Waals surface area contributed by atoms with E-state index in [2.05, 4.69) is 34.4 Å². The van der Waals surface area contributed by atoms with Crippen molar-refractivity contribution in [1.29, 1.82) is 0 Å². The van der Waals surface area contributed by atoms with Crippen molar-refractivity contribution >= 4 is 16.6 Å². The lowest BCUT2D eigenvalue weighted by Gasteiger charge is -2.28. The van der Waals surface area contributed by atoms with Crippen LogP contribution in [0.15, 0.2) is 36.5 Å². The maximum absolute atomic E-state index is 5.98. The van der Waals surface area contributed by atoms with E-state index in [9.17, 15) is 0 Å². The zero-order chi connectivity index (χ0) is 15.2. The van der Waals surface area contributed by atoms with Gasteiger partial charge in [-0.1, -0.05) is 18.2 Å². The zero-order valence-electron chi connectivity index (χ0n) is 13.3. The summed E-state index contributed by atoms with van der Waals surface area (Å²) in [5.74, 6) is 0. The SMILES string of the molecule is CN1CCC(OCCCNc2ccnc3ccccc23)CC1. The molecular formula is C18H25N3O. The molecule has 2 heterocycles. The maximum Gasteiger partial charge on any atom is 0.0722 e. The van der Waals surface area contributed by atoms with Crippen LogP contribution in [0.4, 0.5) is 5.69 Å². The van der Waals surface area contributed by atoms with Crippen molar-refractivity contribution in [1.82, 2.24) is 9.88 Å². The summed E-state index contributed by atoms with van der Waals surface area (Å²) in [6, 6.07) is 10.3. The summed E-state index contributed by atoms with van der Waals surface area (Å²) in [7, 11) is 2.18. The van der Waals surface area contributed by atoms with Crippen LogP contribution in [0.5, 0.6) is 0 Å². The number of nitrogens with zero attached hydrogens (tertiary/aromatic N) is 2. The van der Waals surface area contributed by atoms with Gasteiger partial charge in [0, 0.05) is 43.5 Å². The fraction of sp³-hybridized carbons (Fsp3) is 0.500. The quantitative estimate of drug-likeness (QED) is 0.832. The van der Waals surface area contributed by atoms with Crippen LogP contribution in [0, 0.1) is 0 Å². The summed E-state index contributed by atoms with van der Waals surface area (Å²) < 4.78 is 5.98. The van der Waals surface area contributed by atoms with Crippen LogP contribution in [0.2, 0.25) is 0 Å². The number of anilines is 1. The number of rotatable bonds is 6. The molecule has 2 aromatic rings. The lowest BCUT2D eigenvalue weighted by molar-refractivity contribution is 0.0125. The number of aromatic nitrogens is 1. The summed E-state index contributed by atoms with van der Waals surface area (Å²) in [4.78, 5) is 6.76. The van der Waals surface area contributed by atoms with Crippen LogP contribution in [0.25, 0.3) is 10.9 Å². The molecule has 0 spiro atoms. The first-order valence-electron chi connectivity index (χ1n) is 8.21. The number of likely N-dealkylation sites (tertiary alicyclic amines) is 1. The first-order chi connectivity index (χ1) is 10.8. The normalized spacial score (nSPS) is 17.0. The number of piperidine rings is 1. The van der Waals surface area contributed by atoms with Crippen molar-refractivity contribution in [3.8, 4) is 0 Å². The lowest BCUT2D eigenvalue weighted by atomic mass is 10.1. The molecule has 1 saturated heterocycles. The highest BCUT2D eigenvalue weighted by Gasteiger charge is 2.16. The molecule has 4 heteroatoms. The zero-order valence-corrected chi connectivity index (χ0v) is 13.3. The molecule has 3 rings (SSSR count). The van der Waals surface area contributed by atoms with Gasteiger partial charge in [0.15, 0.2) is 0 Å². The summed E-state index contributed by atoms with van der Waals surface area (Å²) in [6.45, 7) is 4.09. The highest BCUT2D eigenvalue weighted by molar-refractivity contribution is 5.90. The minimum atomic E-state index is 0.456. The van der Waals surface area contributed by atoms with Gasteiger partial charge in [0.2, 0.25) is 0 Å². The van der Waals surface area contributed by atoms with E-state index in [0.717, 1.165) is 43.9 Å². The monoisotopic (exact) mass is 299 g/mol. The summed E-state index contributed by atoms with van der Waals surface area (Å²) in [6.07, 6.45) is 5.68. The van der Waals surface area contributed by atoms with Gasteiger partial charge in [-0.15, -0.1) is 0 Å². The Balaban J connectivity index is 1.41. The van der Waals surface area contributed by atoms with Crippen molar-refractivity contribution in [3.63, 3.8) is 0 Å². The second-order valence-electron chi connectivity index (χ2n) is 6.03. The first kappa shape index (κ1) is 15.3. The number of nitrogens with one attached hydrogen (secondary N) is 1. The Morgan fingerprint density at radius 3 is 2.91 bits per heavy atom. The van der Waals surface area contributed by atoms with Crippen molar-refractivity contribution in [2.75, 3.05) is 38.6 Å². The van der Waals surface area contributed by atoms with E-state index in [-0.39, 0.29) is 0 Å². The van der Waals surface area contributed by atoms with Crippen molar-refractivity contribution in [2.24, 2.45) is 0 Å². The van der Waals surface area contributed by atoms with Crippen LogP contribution in [-0.2, 0) is 4.74 Å². The molecule has 1 aliphatic rings. The first-order valence-corrected chi connectivity index (χ1v) is 8.21. The smallest absolute Gasteiger partial charge is 0.0722 e. The Morgan fingerprint density at radius 1 is 1.23 bits per heavy atom. The van der Waals surface area contributed by atoms with E-state index in [4.69, 9.17) is 4.74 Å². The molecule has 0 saturated carbocycles. The molecule has 0 bridgehead atoms. The molecular weight excluding hydrogens is 274 g/mol. The summed E-state index contributed by atoms with van der Waals surface area (Å²) in [5, 5.41) is 4.69. The molecule has 1 aromatic carbocycles. The second-order valence-corrected chi connectivity index (χ2v) is 6.03. The third kappa shape index (κ3) is 3.96. The average Bonchev–Trinajstić information content (AvgIpc) is 2.56. The van der Waals surface area contributed by atoms with Crippen LogP contribution >= 0.6 is 0 Å². The number of para-hydroxylation sites is 1. The van der Waals surface area contributed by atoms with Gasteiger partial charge in [-0.2, -0.15) is 0 Å². The molecule has 0 radical (unpaired) electrons. The number of pyridine rings is 1. The van der Waals surface area contributed by atoms with E-state index in [1.807, 2.05) is 24.4 Å². The highest BCUT2D eigenvalue weighted by Crippen LogP contribution is 2.20. The number of hydrogen-bond donors (Lipinski definition) is 1. The third-order valence-corrected chi connectivity index (χ3v) is 4.30. The van der Waals surface area contributed by atoms with E-state index in [1.54, 1.807) is 0 Å². The average molecular weight is 299 g/mol. The van der Waals surface area contributed by atoms with Crippen LogP contribution in [-0.4, -0.2) is 49.3 Å². The second kappa shape index (κ2) is 7.56. The highest BCUT2D eigenvalue weighted by atomic mass is 16.5.